The van der Waals surface area contributed by atoms with Gasteiger partial charge in [0.05, 0.1) is 0 Å². The molecule has 0 aliphatic rings. The number of rotatable bonds is 0. The molecule has 0 aliphatic heterocycles. The van der Waals surface area contributed by atoms with Crippen LogP contribution >= 0.6 is 0 Å². The molecule has 0 heterocycles. The first-order valence-corrected chi connectivity index (χ1v) is 3.17. The summed E-state index contributed by atoms with van der Waals surface area (Å²) in [4.78, 5) is 26.7. The smallest absolute Gasteiger partial charge is 0.550 e. The number of aliphatic hydroxyl groups excluding tert-OH is 1. The molecule has 0 bridgehead atoms. The Bertz CT molecular complexity index is 122. The number of hydrogen-bond acceptors (Lipinski definition) is 7. The van der Waals surface area contributed by atoms with Crippen molar-refractivity contribution < 1.29 is 75.6 Å². The summed E-state index contributed by atoms with van der Waals surface area (Å²) in [6, 6.07) is 0. The first-order chi connectivity index (χ1) is 6.20. The van der Waals surface area contributed by atoms with Gasteiger partial charge in [-0.2, -0.15) is 0 Å². The van der Waals surface area contributed by atoms with Crippen molar-refractivity contribution in [2.45, 2.75) is 20.8 Å². The van der Waals surface area contributed by atoms with E-state index < -0.39 is 17.9 Å². The van der Waals surface area contributed by atoms with Gasteiger partial charge in [0.2, 0.25) is 24.0 Å². The van der Waals surface area contributed by atoms with Crippen LogP contribution in [0.25, 0.3) is 0 Å². The molecular weight excluding hydrogens is 382 g/mol. The molecule has 0 amide bonds. The molecule has 0 aliphatic carbocycles. The molecule has 0 saturated carbocycles. The summed E-state index contributed by atoms with van der Waals surface area (Å²) in [5.74, 6) is -3.25. The fraction of sp³-hybridized carbons (Fsp3) is 0.571. The Balaban J connectivity index is -0.0000000205. The second kappa shape index (κ2) is 36.5. The first-order valence-electron chi connectivity index (χ1n) is 3.17. The van der Waals surface area contributed by atoms with Gasteiger partial charge < -0.3 is 34.8 Å². The number of carboxylic acids is 3. The molecule has 16 heavy (non-hydrogen) atoms. The van der Waals surface area contributed by atoms with Gasteiger partial charge in [0.1, 0.15) is 0 Å². The van der Waals surface area contributed by atoms with Crippen molar-refractivity contribution in [3.8, 4) is 0 Å². The van der Waals surface area contributed by atoms with Crippen LogP contribution < -0.4 is 39.3 Å². The van der Waals surface area contributed by atoms with E-state index in [1.165, 1.54) is 0 Å². The molecule has 0 atom stereocenters. The summed E-state index contributed by atoms with van der Waals surface area (Å²) < 4.78 is 0. The molecule has 0 fully saturated rings. The minimum atomic E-state index is -1.08. The van der Waals surface area contributed by atoms with Crippen LogP contribution in [0.2, 0.25) is 0 Å². The van der Waals surface area contributed by atoms with Crippen molar-refractivity contribution in [1.82, 2.24) is 0 Å². The zero-order valence-corrected chi connectivity index (χ0v) is 12.8. The van der Waals surface area contributed by atoms with E-state index in [-0.39, 0.29) is 40.8 Å². The third-order valence-electron chi connectivity index (χ3n) is 0. The largest absolute Gasteiger partial charge is 2.00 e. The topological polar surface area (TPSA) is 141 Å². The van der Waals surface area contributed by atoms with Gasteiger partial charge in [0, 0.05) is 25.0 Å². The van der Waals surface area contributed by atoms with Crippen LogP contribution in [0.3, 0.4) is 0 Å². The van der Waals surface area contributed by atoms with Crippen LogP contribution in [0.4, 0.5) is 0 Å². The van der Waals surface area contributed by atoms with Crippen molar-refractivity contribution in [1.29, 1.82) is 0 Å². The fourth-order valence-corrected chi connectivity index (χ4v) is 0. The van der Waals surface area contributed by atoms with Crippen molar-refractivity contribution in [2.24, 2.45) is 0 Å². The minimum Gasteiger partial charge on any atom is -0.550 e. The SMILES string of the molecule is CC(=O)[O-].CC(=O)[O-].CC(=O)[O-].CO.[Co+2].[IH2+]. The van der Waals surface area contributed by atoms with E-state index in [1.807, 2.05) is 0 Å². The van der Waals surface area contributed by atoms with E-state index in [4.69, 9.17) is 34.8 Å². The summed E-state index contributed by atoms with van der Waals surface area (Å²) in [7, 11) is 1.00. The van der Waals surface area contributed by atoms with Gasteiger partial charge in [-0.25, -0.2) is 0 Å². The van der Waals surface area contributed by atoms with Gasteiger partial charge in [-0.05, 0) is 20.8 Å². The minimum absolute atomic E-state index is 0. The average molecular weight is 397 g/mol. The Morgan fingerprint density at radius 1 is 0.750 bits per heavy atom. The zero-order valence-electron chi connectivity index (χ0n) is 9.18. The van der Waals surface area contributed by atoms with Gasteiger partial charge in [-0.3, -0.25) is 0 Å². The quantitative estimate of drug-likeness (QED) is 0.401. The number of halogens is 1. The van der Waals surface area contributed by atoms with Gasteiger partial charge in [-0.1, -0.05) is 0 Å². The van der Waals surface area contributed by atoms with Crippen LogP contribution in [-0.2, 0) is 31.2 Å². The van der Waals surface area contributed by atoms with Crippen LogP contribution in [0.15, 0.2) is 0 Å². The van der Waals surface area contributed by atoms with Crippen molar-refractivity contribution in [3.05, 3.63) is 0 Å². The summed E-state index contributed by atoms with van der Waals surface area (Å²) in [5, 5.41) is 33.7. The standard InChI is InChI=1S/3C2H4O2.CH4O.Co.H2I/c3*1-2(3)4;1-2;;/h3*1H3,(H,3,4);2H,1H3;;1H2/q;;;;+2;+1/p-3. The molecule has 101 valence electrons. The molecule has 1 radical (unpaired) electrons. The van der Waals surface area contributed by atoms with E-state index >= 15 is 0 Å². The van der Waals surface area contributed by atoms with Gasteiger partial charge in [0.25, 0.3) is 0 Å². The maximum absolute atomic E-state index is 8.89. The number of carboxylic acid groups (broad SMARTS) is 3. The summed E-state index contributed by atoms with van der Waals surface area (Å²) in [5.41, 5.74) is 0. The molecule has 0 aromatic rings. The van der Waals surface area contributed by atoms with Crippen molar-refractivity contribution in [2.75, 3.05) is 7.11 Å². The Labute approximate surface area is 121 Å². The number of hydrogen-bond donors (Lipinski definition) is 1. The first kappa shape index (κ1) is 36.1. The van der Waals surface area contributed by atoms with E-state index in [1.54, 1.807) is 0 Å². The maximum atomic E-state index is 8.89. The molecule has 0 aromatic heterocycles. The molecular formula is C7H15CoIO7. The van der Waals surface area contributed by atoms with Crippen LogP contribution in [0.5, 0.6) is 0 Å². The average Bonchev–Trinajstić information content (AvgIpc) is 1.86. The molecule has 9 heteroatoms. The fourth-order valence-electron chi connectivity index (χ4n) is 0. The molecule has 1 N–H and O–H groups in total. The third kappa shape index (κ3) is 14000. The van der Waals surface area contributed by atoms with E-state index in [0.29, 0.717) is 0 Å². The second-order valence-corrected chi connectivity index (χ2v) is 1.47. The molecule has 0 saturated heterocycles. The molecule has 0 aromatic carbocycles. The molecule has 0 spiro atoms. The van der Waals surface area contributed by atoms with E-state index in [9.17, 15) is 0 Å². The Morgan fingerprint density at radius 3 is 0.750 bits per heavy atom. The molecule has 0 rings (SSSR count). The third-order valence-corrected chi connectivity index (χ3v) is 0. The van der Waals surface area contributed by atoms with Crippen molar-refractivity contribution in [3.63, 3.8) is 0 Å². The molecule has 7 nitrogen and oxygen atoms in total. The Hall–Kier alpha value is -0.394. The monoisotopic (exact) mass is 397 g/mol. The second-order valence-electron chi connectivity index (χ2n) is 1.47. The molecule has 0 unspecified atom stereocenters. The number of carbonyl (C=O) groups is 3. The van der Waals surface area contributed by atoms with Gasteiger partial charge in [-0.15, -0.1) is 0 Å². The van der Waals surface area contributed by atoms with Gasteiger partial charge >= 0.3 is 16.8 Å². The Morgan fingerprint density at radius 2 is 0.750 bits per heavy atom. The normalized spacial score (nSPS) is 5.06. The Kier molecular flexibility index (Phi) is 82.3. The van der Waals surface area contributed by atoms with Crippen LogP contribution in [0.1, 0.15) is 20.8 Å². The zero-order chi connectivity index (χ0) is 12.7. The number of aliphatic carboxylic acids is 3. The van der Waals surface area contributed by atoms with E-state index in [0.717, 1.165) is 27.9 Å². The van der Waals surface area contributed by atoms with Crippen LogP contribution in [-0.4, -0.2) is 30.1 Å². The van der Waals surface area contributed by atoms with Crippen LogP contribution in [0, 0.1) is 0 Å². The number of aliphatic hydroxyl groups is 1. The van der Waals surface area contributed by atoms with Crippen molar-refractivity contribution >= 4 is 17.9 Å². The predicted octanol–water partition coefficient (Wildman–Crippen LogP) is -7.66. The summed E-state index contributed by atoms with van der Waals surface area (Å²) in [6.45, 7) is 2.92. The maximum Gasteiger partial charge on any atom is 2.00 e. The van der Waals surface area contributed by atoms with Gasteiger partial charge in [0.15, 0.2) is 0 Å². The summed E-state index contributed by atoms with van der Waals surface area (Å²) >= 11 is 0. The summed E-state index contributed by atoms with van der Waals surface area (Å²) in [6.07, 6.45) is 0. The number of carbonyl (C=O) groups excluding carboxylic acids is 3. The predicted molar refractivity (Wildman–Crippen MR) is 43.0 cm³/mol. The van der Waals surface area contributed by atoms with E-state index in [2.05, 4.69) is 0 Å².